The van der Waals surface area contributed by atoms with Crippen LogP contribution < -0.4 is 15.8 Å². The van der Waals surface area contributed by atoms with Gasteiger partial charge in [-0.05, 0) is 31.9 Å². The highest BCUT2D eigenvalue weighted by Gasteiger charge is 2.15. The average Bonchev–Trinajstić information content (AvgIpc) is 2.36. The smallest absolute Gasteiger partial charge is 0.123 e. The Morgan fingerprint density at radius 1 is 1.35 bits per heavy atom. The lowest BCUT2D eigenvalue weighted by atomic mass is 10.0. The first-order chi connectivity index (χ1) is 8.02. The molecule has 0 unspecified atom stereocenters. The van der Waals surface area contributed by atoms with Gasteiger partial charge in [-0.15, -0.1) is 0 Å². The molecule has 0 aromatic heterocycles. The Balaban J connectivity index is 2.81. The van der Waals surface area contributed by atoms with Crippen LogP contribution in [-0.4, -0.2) is 19.2 Å². The van der Waals surface area contributed by atoms with Gasteiger partial charge in [-0.3, -0.25) is 0 Å². The van der Waals surface area contributed by atoms with E-state index in [1.165, 1.54) is 11.1 Å². The van der Waals surface area contributed by atoms with E-state index in [4.69, 9.17) is 10.5 Å². The van der Waals surface area contributed by atoms with Crippen LogP contribution in [0.25, 0.3) is 0 Å². The van der Waals surface area contributed by atoms with Crippen LogP contribution in [0.2, 0.25) is 0 Å². The van der Waals surface area contributed by atoms with Crippen LogP contribution in [0.5, 0.6) is 5.75 Å². The minimum absolute atomic E-state index is 0.0484. The molecule has 0 radical (unpaired) electrons. The molecule has 3 heteroatoms. The van der Waals surface area contributed by atoms with Gasteiger partial charge in [-0.25, -0.2) is 0 Å². The molecule has 0 spiro atoms. The molecule has 0 saturated carbocycles. The van der Waals surface area contributed by atoms with Crippen molar-refractivity contribution in [2.45, 2.75) is 39.3 Å². The van der Waals surface area contributed by atoms with Gasteiger partial charge in [0.15, 0.2) is 0 Å². The second-order valence-corrected chi connectivity index (χ2v) is 4.94. The van der Waals surface area contributed by atoms with E-state index >= 15 is 0 Å². The minimum Gasteiger partial charge on any atom is -0.496 e. The Kier molecular flexibility index (Phi) is 4.97. The van der Waals surface area contributed by atoms with Gasteiger partial charge in [-0.1, -0.05) is 19.1 Å². The van der Waals surface area contributed by atoms with Crippen molar-refractivity contribution < 1.29 is 4.74 Å². The molecule has 0 heterocycles. The van der Waals surface area contributed by atoms with E-state index in [1.807, 2.05) is 6.07 Å². The standard InChI is InChI=1S/C14H24N2O/c1-5-11-6-7-13(17-4)12(8-11)9-16-14(2,3)10-15/h6-8,16H,5,9-10,15H2,1-4H3. The summed E-state index contributed by atoms with van der Waals surface area (Å²) in [5, 5.41) is 3.45. The number of nitrogens with two attached hydrogens (primary N) is 1. The summed E-state index contributed by atoms with van der Waals surface area (Å²) in [4.78, 5) is 0. The molecule has 0 bridgehead atoms. The van der Waals surface area contributed by atoms with E-state index in [2.05, 4.69) is 38.2 Å². The molecule has 0 saturated heterocycles. The number of nitrogens with one attached hydrogen (secondary N) is 1. The van der Waals surface area contributed by atoms with Gasteiger partial charge in [-0.2, -0.15) is 0 Å². The van der Waals surface area contributed by atoms with Gasteiger partial charge >= 0.3 is 0 Å². The normalized spacial score (nSPS) is 11.6. The molecule has 0 aliphatic carbocycles. The molecule has 1 rings (SSSR count). The lowest BCUT2D eigenvalue weighted by Gasteiger charge is -2.25. The Bertz CT molecular complexity index is 361. The molecule has 96 valence electrons. The fraction of sp³-hybridized carbons (Fsp3) is 0.571. The highest BCUT2D eigenvalue weighted by atomic mass is 16.5. The van der Waals surface area contributed by atoms with Crippen molar-refractivity contribution in [3.63, 3.8) is 0 Å². The van der Waals surface area contributed by atoms with Crippen LogP contribution in [-0.2, 0) is 13.0 Å². The number of hydrogen-bond acceptors (Lipinski definition) is 3. The van der Waals surface area contributed by atoms with Gasteiger partial charge in [0, 0.05) is 24.2 Å². The van der Waals surface area contributed by atoms with Crippen LogP contribution in [0.15, 0.2) is 18.2 Å². The zero-order valence-electron chi connectivity index (χ0n) is 11.3. The van der Waals surface area contributed by atoms with Crippen molar-refractivity contribution in [1.29, 1.82) is 0 Å². The first-order valence-electron chi connectivity index (χ1n) is 6.13. The van der Waals surface area contributed by atoms with Gasteiger partial charge in [0.05, 0.1) is 7.11 Å². The van der Waals surface area contributed by atoms with Gasteiger partial charge in [0.25, 0.3) is 0 Å². The zero-order valence-corrected chi connectivity index (χ0v) is 11.3. The number of aryl methyl sites for hydroxylation is 1. The van der Waals surface area contributed by atoms with Crippen molar-refractivity contribution in [2.75, 3.05) is 13.7 Å². The summed E-state index contributed by atoms with van der Waals surface area (Å²) in [6.45, 7) is 7.75. The molecular weight excluding hydrogens is 212 g/mol. The predicted molar refractivity (Wildman–Crippen MR) is 72.3 cm³/mol. The van der Waals surface area contributed by atoms with Gasteiger partial charge in [0.2, 0.25) is 0 Å². The van der Waals surface area contributed by atoms with Crippen molar-refractivity contribution in [2.24, 2.45) is 5.73 Å². The summed E-state index contributed by atoms with van der Waals surface area (Å²) >= 11 is 0. The third-order valence-electron chi connectivity index (χ3n) is 3.02. The molecule has 1 aromatic rings. The van der Waals surface area contributed by atoms with Crippen molar-refractivity contribution >= 4 is 0 Å². The van der Waals surface area contributed by atoms with Crippen molar-refractivity contribution in [3.05, 3.63) is 29.3 Å². The molecule has 17 heavy (non-hydrogen) atoms. The first kappa shape index (κ1) is 14.0. The third-order valence-corrected chi connectivity index (χ3v) is 3.02. The van der Waals surface area contributed by atoms with E-state index in [9.17, 15) is 0 Å². The number of hydrogen-bond donors (Lipinski definition) is 2. The fourth-order valence-corrected chi connectivity index (χ4v) is 1.60. The van der Waals surface area contributed by atoms with Gasteiger partial charge < -0.3 is 15.8 Å². The van der Waals surface area contributed by atoms with E-state index in [1.54, 1.807) is 7.11 Å². The lowest BCUT2D eigenvalue weighted by Crippen LogP contribution is -2.45. The number of rotatable bonds is 6. The Morgan fingerprint density at radius 2 is 2.06 bits per heavy atom. The number of ether oxygens (including phenoxy) is 1. The lowest BCUT2D eigenvalue weighted by molar-refractivity contribution is 0.379. The van der Waals surface area contributed by atoms with Crippen LogP contribution in [0, 0.1) is 0 Å². The van der Waals surface area contributed by atoms with Crippen LogP contribution in [0.3, 0.4) is 0 Å². The largest absolute Gasteiger partial charge is 0.496 e. The van der Waals surface area contributed by atoms with E-state index in [0.29, 0.717) is 6.54 Å². The van der Waals surface area contributed by atoms with Gasteiger partial charge in [0.1, 0.15) is 5.75 Å². The molecule has 0 fully saturated rings. The van der Waals surface area contributed by atoms with E-state index in [-0.39, 0.29) is 5.54 Å². The predicted octanol–water partition coefficient (Wildman–Crippen LogP) is 2.08. The van der Waals surface area contributed by atoms with Crippen molar-refractivity contribution in [3.8, 4) is 5.75 Å². The Labute approximate surface area is 104 Å². The maximum absolute atomic E-state index is 5.70. The van der Waals surface area contributed by atoms with Crippen LogP contribution >= 0.6 is 0 Å². The molecular formula is C14H24N2O. The van der Waals surface area contributed by atoms with Crippen LogP contribution in [0.4, 0.5) is 0 Å². The summed E-state index contributed by atoms with van der Waals surface area (Å²) < 4.78 is 5.37. The second-order valence-electron chi connectivity index (χ2n) is 4.94. The zero-order chi connectivity index (χ0) is 12.9. The van der Waals surface area contributed by atoms with Crippen molar-refractivity contribution in [1.82, 2.24) is 5.32 Å². The fourth-order valence-electron chi connectivity index (χ4n) is 1.60. The molecule has 0 aliphatic rings. The molecule has 1 aromatic carbocycles. The molecule has 0 aliphatic heterocycles. The van der Waals surface area contributed by atoms with Crippen LogP contribution in [0.1, 0.15) is 31.9 Å². The highest BCUT2D eigenvalue weighted by Crippen LogP contribution is 2.20. The maximum Gasteiger partial charge on any atom is 0.123 e. The highest BCUT2D eigenvalue weighted by molar-refractivity contribution is 5.37. The quantitative estimate of drug-likeness (QED) is 0.795. The third kappa shape index (κ3) is 4.02. The SMILES string of the molecule is CCc1ccc(OC)c(CNC(C)(C)CN)c1. The number of benzene rings is 1. The molecule has 0 atom stereocenters. The monoisotopic (exact) mass is 236 g/mol. The summed E-state index contributed by atoms with van der Waals surface area (Å²) in [6, 6.07) is 6.33. The topological polar surface area (TPSA) is 47.3 Å². The van der Waals surface area contributed by atoms with E-state index in [0.717, 1.165) is 18.7 Å². The molecule has 3 N–H and O–H groups in total. The average molecular weight is 236 g/mol. The van der Waals surface area contributed by atoms with E-state index < -0.39 is 0 Å². The summed E-state index contributed by atoms with van der Waals surface area (Å²) in [7, 11) is 1.71. The maximum atomic E-state index is 5.70. The molecule has 3 nitrogen and oxygen atoms in total. The number of methoxy groups -OCH3 is 1. The minimum atomic E-state index is -0.0484. The summed E-state index contributed by atoms with van der Waals surface area (Å²) in [5.74, 6) is 0.933. The summed E-state index contributed by atoms with van der Waals surface area (Å²) in [6.07, 6.45) is 1.04. The Hall–Kier alpha value is -1.06. The second kappa shape index (κ2) is 6.03. The Morgan fingerprint density at radius 3 is 2.59 bits per heavy atom. The first-order valence-corrected chi connectivity index (χ1v) is 6.13. The summed E-state index contributed by atoms with van der Waals surface area (Å²) in [5.41, 5.74) is 8.17. The molecule has 0 amide bonds.